The maximum atomic E-state index is 11.5. The molecule has 0 atom stereocenters. The van der Waals surface area contributed by atoms with Crippen LogP contribution in [0.5, 0.6) is 0 Å². The number of nitrogens with zero attached hydrogens (tertiary/aromatic N) is 1. The van der Waals surface area contributed by atoms with Crippen LogP contribution in [0.2, 0.25) is 0 Å². The van der Waals surface area contributed by atoms with E-state index in [4.69, 9.17) is 5.11 Å². The lowest BCUT2D eigenvalue weighted by atomic mass is 10.3. The van der Waals surface area contributed by atoms with Crippen molar-refractivity contribution in [1.82, 2.24) is 14.9 Å². The number of nitrogens with one attached hydrogen (secondary N) is 2. The summed E-state index contributed by atoms with van der Waals surface area (Å²) < 4.78 is 0. The van der Waals surface area contributed by atoms with Crippen molar-refractivity contribution < 1.29 is 14.7 Å². The van der Waals surface area contributed by atoms with Crippen LogP contribution >= 0.6 is 0 Å². The lowest BCUT2D eigenvalue weighted by Crippen LogP contribution is -2.29. The van der Waals surface area contributed by atoms with Crippen molar-refractivity contribution in [3.63, 3.8) is 0 Å². The molecule has 0 spiro atoms. The Morgan fingerprint density at radius 2 is 2.20 bits per heavy atom. The third kappa shape index (κ3) is 2.97. The molecule has 0 aromatic carbocycles. The average Bonchev–Trinajstić information content (AvgIpc) is 2.60. The number of carbonyl (C=O) groups excluding carboxylic acids is 1. The molecule has 0 radical (unpaired) electrons. The Morgan fingerprint density at radius 1 is 1.53 bits per heavy atom. The van der Waals surface area contributed by atoms with Crippen LogP contribution in [-0.4, -0.2) is 45.4 Å². The summed E-state index contributed by atoms with van der Waals surface area (Å²) in [6.07, 6.45) is 1.12. The fraction of sp³-hybridized carbons (Fsp3) is 0.375. The number of rotatable bonds is 4. The second-order valence-corrected chi connectivity index (χ2v) is 3.03. The minimum atomic E-state index is -0.975. The number of aromatic nitrogens is 2. The molecule has 1 aromatic heterocycles. The van der Waals surface area contributed by atoms with Gasteiger partial charge in [-0.05, 0) is 0 Å². The fourth-order valence-electron chi connectivity index (χ4n) is 1.02. The van der Waals surface area contributed by atoms with E-state index in [9.17, 15) is 14.4 Å². The molecule has 0 bridgehead atoms. The van der Waals surface area contributed by atoms with E-state index < -0.39 is 17.6 Å². The van der Waals surface area contributed by atoms with Crippen LogP contribution in [0.1, 0.15) is 16.9 Å². The summed E-state index contributed by atoms with van der Waals surface area (Å²) >= 11 is 0. The van der Waals surface area contributed by atoms with E-state index in [-0.39, 0.29) is 18.7 Å². The quantitative estimate of drug-likeness (QED) is 0.611. The summed E-state index contributed by atoms with van der Waals surface area (Å²) in [6, 6.07) is 0. The molecule has 3 N–H and O–H groups in total. The number of imidazole rings is 1. The third-order valence-electron chi connectivity index (χ3n) is 1.83. The van der Waals surface area contributed by atoms with Gasteiger partial charge >= 0.3 is 11.7 Å². The fourth-order valence-corrected chi connectivity index (χ4v) is 1.02. The van der Waals surface area contributed by atoms with E-state index in [1.165, 1.54) is 18.1 Å². The molecule has 1 aromatic rings. The maximum absolute atomic E-state index is 11.5. The Labute approximate surface area is 84.7 Å². The van der Waals surface area contributed by atoms with Gasteiger partial charge in [-0.1, -0.05) is 0 Å². The Bertz CT molecular complexity index is 420. The van der Waals surface area contributed by atoms with Crippen LogP contribution in [0, 0.1) is 0 Å². The first-order valence-electron chi connectivity index (χ1n) is 4.25. The normalized spacial score (nSPS) is 9.93. The molecule has 0 saturated carbocycles. The highest BCUT2D eigenvalue weighted by Gasteiger charge is 2.14. The predicted octanol–water partition coefficient (Wildman–Crippen LogP) is -0.750. The topological polar surface area (TPSA) is 106 Å². The zero-order chi connectivity index (χ0) is 11.4. The van der Waals surface area contributed by atoms with Crippen molar-refractivity contribution >= 4 is 11.9 Å². The second kappa shape index (κ2) is 4.45. The first-order valence-corrected chi connectivity index (χ1v) is 4.25. The van der Waals surface area contributed by atoms with Gasteiger partial charge in [0.15, 0.2) is 0 Å². The maximum Gasteiger partial charge on any atom is 0.323 e. The largest absolute Gasteiger partial charge is 0.481 e. The standard InChI is InChI=1S/C8H11N3O4/c1-11(3-2-6(12)13)7(14)5-4-9-8(15)10-5/h4H,2-3H2,1H3,(H,12,13)(H2,9,10,15). The molecular weight excluding hydrogens is 202 g/mol. The highest BCUT2D eigenvalue weighted by Crippen LogP contribution is 1.97. The van der Waals surface area contributed by atoms with Crippen LogP contribution in [0.15, 0.2) is 11.0 Å². The molecule has 1 rings (SSSR count). The SMILES string of the molecule is CN(CCC(=O)O)C(=O)c1c[nH]c(=O)[nH]1. The molecule has 7 nitrogen and oxygen atoms in total. The van der Waals surface area contributed by atoms with Crippen molar-refractivity contribution in [1.29, 1.82) is 0 Å². The van der Waals surface area contributed by atoms with Crippen molar-refractivity contribution in [2.24, 2.45) is 0 Å². The number of hydrogen-bond acceptors (Lipinski definition) is 3. The monoisotopic (exact) mass is 213 g/mol. The van der Waals surface area contributed by atoms with E-state index in [1.807, 2.05) is 0 Å². The lowest BCUT2D eigenvalue weighted by molar-refractivity contribution is -0.137. The Hall–Kier alpha value is -2.05. The minimum Gasteiger partial charge on any atom is -0.481 e. The summed E-state index contributed by atoms with van der Waals surface area (Å²) in [7, 11) is 1.47. The number of amides is 1. The Balaban J connectivity index is 2.60. The van der Waals surface area contributed by atoms with E-state index in [1.54, 1.807) is 0 Å². The molecule has 82 valence electrons. The van der Waals surface area contributed by atoms with Crippen LogP contribution in [-0.2, 0) is 4.79 Å². The van der Waals surface area contributed by atoms with Gasteiger partial charge in [-0.15, -0.1) is 0 Å². The van der Waals surface area contributed by atoms with E-state index in [0.29, 0.717) is 0 Å². The smallest absolute Gasteiger partial charge is 0.323 e. The molecule has 0 unspecified atom stereocenters. The van der Waals surface area contributed by atoms with Gasteiger partial charge in [0.05, 0.1) is 6.42 Å². The molecule has 0 aliphatic rings. The van der Waals surface area contributed by atoms with Gasteiger partial charge in [0.1, 0.15) is 5.69 Å². The number of aromatic amines is 2. The first-order chi connectivity index (χ1) is 7.00. The summed E-state index contributed by atoms with van der Waals surface area (Å²) in [4.78, 5) is 38.3. The number of carbonyl (C=O) groups is 2. The average molecular weight is 213 g/mol. The van der Waals surface area contributed by atoms with Gasteiger partial charge in [0, 0.05) is 19.8 Å². The van der Waals surface area contributed by atoms with Crippen LogP contribution in [0.4, 0.5) is 0 Å². The summed E-state index contributed by atoms with van der Waals surface area (Å²) in [5, 5.41) is 8.42. The molecule has 0 fully saturated rings. The zero-order valence-corrected chi connectivity index (χ0v) is 8.11. The van der Waals surface area contributed by atoms with Crippen molar-refractivity contribution in [2.75, 3.05) is 13.6 Å². The third-order valence-corrected chi connectivity index (χ3v) is 1.83. The zero-order valence-electron chi connectivity index (χ0n) is 8.11. The van der Waals surface area contributed by atoms with E-state index in [2.05, 4.69) is 9.97 Å². The van der Waals surface area contributed by atoms with Gasteiger partial charge in [0.25, 0.3) is 5.91 Å². The van der Waals surface area contributed by atoms with Crippen molar-refractivity contribution in [3.05, 3.63) is 22.4 Å². The van der Waals surface area contributed by atoms with Gasteiger partial charge in [-0.25, -0.2) is 4.79 Å². The molecule has 0 aliphatic carbocycles. The molecule has 0 saturated heterocycles. The van der Waals surface area contributed by atoms with E-state index in [0.717, 1.165) is 0 Å². The molecule has 0 aliphatic heterocycles. The van der Waals surface area contributed by atoms with Crippen LogP contribution < -0.4 is 5.69 Å². The van der Waals surface area contributed by atoms with E-state index >= 15 is 0 Å². The lowest BCUT2D eigenvalue weighted by Gasteiger charge is -2.14. The van der Waals surface area contributed by atoms with Crippen LogP contribution in [0.25, 0.3) is 0 Å². The van der Waals surface area contributed by atoms with Crippen molar-refractivity contribution in [3.8, 4) is 0 Å². The van der Waals surface area contributed by atoms with Gasteiger partial charge in [0.2, 0.25) is 0 Å². The molecular formula is C8H11N3O4. The molecule has 7 heteroatoms. The Morgan fingerprint density at radius 3 is 2.67 bits per heavy atom. The molecule has 1 heterocycles. The number of aliphatic carboxylic acids is 1. The summed E-state index contributed by atoms with van der Waals surface area (Å²) in [5.41, 5.74) is -0.349. The van der Waals surface area contributed by atoms with Crippen LogP contribution in [0.3, 0.4) is 0 Å². The number of carboxylic acid groups (broad SMARTS) is 1. The van der Waals surface area contributed by atoms with Gasteiger partial charge < -0.3 is 20.0 Å². The number of carboxylic acids is 1. The Kier molecular flexibility index (Phi) is 3.27. The highest BCUT2D eigenvalue weighted by atomic mass is 16.4. The first kappa shape index (κ1) is 11.0. The minimum absolute atomic E-state index is 0.0986. The number of H-pyrrole nitrogens is 2. The summed E-state index contributed by atoms with van der Waals surface area (Å²) in [6.45, 7) is 0.0986. The molecule has 1 amide bonds. The summed E-state index contributed by atoms with van der Waals surface area (Å²) in [5.74, 6) is -1.40. The van der Waals surface area contributed by atoms with Crippen molar-refractivity contribution in [2.45, 2.75) is 6.42 Å². The highest BCUT2D eigenvalue weighted by molar-refractivity contribution is 5.92. The predicted molar refractivity (Wildman–Crippen MR) is 50.6 cm³/mol. The second-order valence-electron chi connectivity index (χ2n) is 3.03. The van der Waals surface area contributed by atoms with Gasteiger partial charge in [-0.3, -0.25) is 9.59 Å². The van der Waals surface area contributed by atoms with Gasteiger partial charge in [-0.2, -0.15) is 0 Å². The number of hydrogen-bond donors (Lipinski definition) is 3. The molecule has 15 heavy (non-hydrogen) atoms.